The lowest BCUT2D eigenvalue weighted by Gasteiger charge is -2.42. The van der Waals surface area contributed by atoms with Crippen LogP contribution in [0.2, 0.25) is 0 Å². The van der Waals surface area contributed by atoms with Crippen LogP contribution in [0.1, 0.15) is 24.8 Å². The van der Waals surface area contributed by atoms with Gasteiger partial charge in [0, 0.05) is 16.4 Å². The molecule has 76 valence electrons. The summed E-state index contributed by atoms with van der Waals surface area (Å²) in [7, 11) is 2.04. The van der Waals surface area contributed by atoms with E-state index in [0.717, 1.165) is 6.54 Å². The van der Waals surface area contributed by atoms with Crippen LogP contribution in [0.3, 0.4) is 0 Å². The molecule has 0 aromatic heterocycles. The SMILES string of the molecule is CNCC1(c2cccc(Br)c2)CCC1. The standard InChI is InChI=1S/C12H16BrN/c1-14-9-12(6-3-7-12)10-4-2-5-11(13)8-10/h2,4-5,8,14H,3,6-7,9H2,1H3. The molecule has 1 aromatic carbocycles. The van der Waals surface area contributed by atoms with Crippen molar-refractivity contribution >= 4 is 15.9 Å². The van der Waals surface area contributed by atoms with Gasteiger partial charge in [0.1, 0.15) is 0 Å². The summed E-state index contributed by atoms with van der Waals surface area (Å²) in [5.74, 6) is 0. The quantitative estimate of drug-likeness (QED) is 0.874. The second-order valence-corrected chi connectivity index (χ2v) is 5.09. The highest BCUT2D eigenvalue weighted by Gasteiger charge is 2.37. The zero-order valence-corrected chi connectivity index (χ0v) is 10.1. The largest absolute Gasteiger partial charge is 0.319 e. The molecule has 2 heteroatoms. The maximum absolute atomic E-state index is 3.54. The van der Waals surface area contributed by atoms with Gasteiger partial charge in [0.15, 0.2) is 0 Å². The third-order valence-electron chi connectivity index (χ3n) is 3.26. The molecule has 1 aliphatic carbocycles. The maximum atomic E-state index is 3.54. The van der Waals surface area contributed by atoms with Gasteiger partial charge in [-0.25, -0.2) is 0 Å². The Morgan fingerprint density at radius 2 is 2.21 bits per heavy atom. The van der Waals surface area contributed by atoms with Crippen molar-refractivity contribution in [1.29, 1.82) is 0 Å². The van der Waals surface area contributed by atoms with Gasteiger partial charge in [0.05, 0.1) is 0 Å². The normalized spacial score (nSPS) is 19.0. The lowest BCUT2D eigenvalue weighted by molar-refractivity contribution is 0.239. The predicted octanol–water partition coefficient (Wildman–Crippen LogP) is 3.09. The number of hydrogen-bond donors (Lipinski definition) is 1. The van der Waals surface area contributed by atoms with Crippen molar-refractivity contribution in [1.82, 2.24) is 5.32 Å². The van der Waals surface area contributed by atoms with Crippen molar-refractivity contribution in [3.8, 4) is 0 Å². The van der Waals surface area contributed by atoms with Crippen molar-refractivity contribution in [3.63, 3.8) is 0 Å². The summed E-state index contributed by atoms with van der Waals surface area (Å²) in [6.07, 6.45) is 4.02. The molecule has 1 saturated carbocycles. The van der Waals surface area contributed by atoms with Crippen molar-refractivity contribution in [3.05, 3.63) is 34.3 Å². The highest BCUT2D eigenvalue weighted by molar-refractivity contribution is 9.10. The Labute approximate surface area is 94.0 Å². The minimum atomic E-state index is 0.415. The van der Waals surface area contributed by atoms with Crippen LogP contribution in [0.15, 0.2) is 28.7 Å². The second-order valence-electron chi connectivity index (χ2n) is 4.17. The van der Waals surface area contributed by atoms with E-state index in [0.29, 0.717) is 5.41 Å². The average Bonchev–Trinajstić information content (AvgIpc) is 2.11. The third-order valence-corrected chi connectivity index (χ3v) is 3.76. The number of likely N-dealkylation sites (N-methyl/N-ethyl adjacent to an activating group) is 1. The van der Waals surface area contributed by atoms with Gasteiger partial charge >= 0.3 is 0 Å². The van der Waals surface area contributed by atoms with E-state index in [1.54, 1.807) is 0 Å². The van der Waals surface area contributed by atoms with E-state index in [9.17, 15) is 0 Å². The van der Waals surface area contributed by atoms with Gasteiger partial charge in [-0.2, -0.15) is 0 Å². The van der Waals surface area contributed by atoms with Crippen LogP contribution in [0.25, 0.3) is 0 Å². The molecular formula is C12H16BrN. The predicted molar refractivity (Wildman–Crippen MR) is 63.6 cm³/mol. The van der Waals surface area contributed by atoms with Gasteiger partial charge in [-0.1, -0.05) is 34.5 Å². The fourth-order valence-corrected chi connectivity index (χ4v) is 2.73. The molecular weight excluding hydrogens is 238 g/mol. The zero-order chi connectivity index (χ0) is 10.0. The molecule has 0 atom stereocenters. The molecule has 0 radical (unpaired) electrons. The van der Waals surface area contributed by atoms with E-state index in [4.69, 9.17) is 0 Å². The number of halogens is 1. The molecule has 1 aliphatic rings. The van der Waals surface area contributed by atoms with E-state index >= 15 is 0 Å². The minimum Gasteiger partial charge on any atom is -0.319 e. The molecule has 0 aliphatic heterocycles. The molecule has 14 heavy (non-hydrogen) atoms. The number of nitrogens with one attached hydrogen (secondary N) is 1. The lowest BCUT2D eigenvalue weighted by Crippen LogP contribution is -2.42. The molecule has 1 aromatic rings. The third kappa shape index (κ3) is 1.73. The molecule has 0 spiro atoms. The maximum Gasteiger partial charge on any atom is 0.0178 e. The Morgan fingerprint density at radius 3 is 2.71 bits per heavy atom. The summed E-state index contributed by atoms with van der Waals surface area (Å²) >= 11 is 3.54. The Balaban J connectivity index is 2.27. The van der Waals surface area contributed by atoms with Crippen molar-refractivity contribution in [2.75, 3.05) is 13.6 Å². The first-order valence-corrected chi connectivity index (χ1v) is 5.97. The van der Waals surface area contributed by atoms with Crippen LogP contribution in [-0.2, 0) is 5.41 Å². The Morgan fingerprint density at radius 1 is 1.43 bits per heavy atom. The molecule has 1 fully saturated rings. The fourth-order valence-electron chi connectivity index (χ4n) is 2.33. The van der Waals surface area contributed by atoms with Crippen molar-refractivity contribution < 1.29 is 0 Å². The highest BCUT2D eigenvalue weighted by atomic mass is 79.9. The van der Waals surface area contributed by atoms with E-state index in [2.05, 4.69) is 45.5 Å². The van der Waals surface area contributed by atoms with Gasteiger partial charge in [0.25, 0.3) is 0 Å². The smallest absolute Gasteiger partial charge is 0.0178 e. The number of benzene rings is 1. The van der Waals surface area contributed by atoms with Crippen LogP contribution in [0, 0.1) is 0 Å². The molecule has 2 rings (SSSR count). The second kappa shape index (κ2) is 4.03. The molecule has 0 saturated heterocycles. The molecule has 0 amide bonds. The summed E-state index contributed by atoms with van der Waals surface area (Å²) in [5.41, 5.74) is 1.89. The van der Waals surface area contributed by atoms with E-state index < -0.39 is 0 Å². The van der Waals surface area contributed by atoms with Crippen LogP contribution in [0.4, 0.5) is 0 Å². The summed E-state index contributed by atoms with van der Waals surface area (Å²) in [5, 5.41) is 3.31. The summed E-state index contributed by atoms with van der Waals surface area (Å²) < 4.78 is 1.19. The minimum absolute atomic E-state index is 0.415. The van der Waals surface area contributed by atoms with Gasteiger partial charge < -0.3 is 5.32 Å². The Bertz CT molecular complexity index is 318. The highest BCUT2D eigenvalue weighted by Crippen LogP contribution is 2.43. The first-order chi connectivity index (χ1) is 6.77. The van der Waals surface area contributed by atoms with Crippen LogP contribution >= 0.6 is 15.9 Å². The van der Waals surface area contributed by atoms with Gasteiger partial charge in [0.2, 0.25) is 0 Å². The lowest BCUT2D eigenvalue weighted by atomic mass is 9.64. The van der Waals surface area contributed by atoms with Crippen LogP contribution in [0.5, 0.6) is 0 Å². The Hall–Kier alpha value is -0.340. The van der Waals surface area contributed by atoms with E-state index in [-0.39, 0.29) is 0 Å². The van der Waals surface area contributed by atoms with Gasteiger partial charge in [-0.15, -0.1) is 0 Å². The molecule has 1 nitrogen and oxygen atoms in total. The van der Waals surface area contributed by atoms with Crippen molar-refractivity contribution in [2.24, 2.45) is 0 Å². The topological polar surface area (TPSA) is 12.0 Å². The van der Waals surface area contributed by atoms with Crippen LogP contribution < -0.4 is 5.32 Å². The van der Waals surface area contributed by atoms with E-state index in [1.807, 2.05) is 7.05 Å². The summed E-state index contributed by atoms with van der Waals surface area (Å²) in [4.78, 5) is 0. The first-order valence-electron chi connectivity index (χ1n) is 5.17. The summed E-state index contributed by atoms with van der Waals surface area (Å²) in [6, 6.07) is 8.74. The zero-order valence-electron chi connectivity index (χ0n) is 8.52. The molecule has 0 bridgehead atoms. The number of hydrogen-bond acceptors (Lipinski definition) is 1. The molecule has 1 N–H and O–H groups in total. The fraction of sp³-hybridized carbons (Fsp3) is 0.500. The first kappa shape index (κ1) is 10.2. The number of rotatable bonds is 3. The summed E-state index contributed by atoms with van der Waals surface area (Å²) in [6.45, 7) is 1.10. The van der Waals surface area contributed by atoms with E-state index in [1.165, 1.54) is 29.3 Å². The Kier molecular flexibility index (Phi) is 2.93. The molecule has 0 unspecified atom stereocenters. The van der Waals surface area contributed by atoms with Crippen LogP contribution in [-0.4, -0.2) is 13.6 Å². The van der Waals surface area contributed by atoms with Gasteiger partial charge in [-0.3, -0.25) is 0 Å². The van der Waals surface area contributed by atoms with Crippen molar-refractivity contribution in [2.45, 2.75) is 24.7 Å². The average molecular weight is 254 g/mol. The molecule has 0 heterocycles. The monoisotopic (exact) mass is 253 g/mol. The van der Waals surface area contributed by atoms with Gasteiger partial charge in [-0.05, 0) is 37.6 Å².